The number of hydrogen-bond acceptors (Lipinski definition) is 4. The summed E-state index contributed by atoms with van der Waals surface area (Å²) in [4.78, 5) is 35.2. The minimum atomic E-state index is -0.863. The van der Waals surface area contributed by atoms with Crippen LogP contribution in [0.1, 0.15) is 52.4 Å². The summed E-state index contributed by atoms with van der Waals surface area (Å²) in [5, 5.41) is 2.69. The smallest absolute Gasteiger partial charge is 0.376 e. The van der Waals surface area contributed by atoms with Crippen LogP contribution in [0.2, 0.25) is 0 Å². The Balaban J connectivity index is 2.53. The molecule has 19 heavy (non-hydrogen) atoms. The van der Waals surface area contributed by atoms with Gasteiger partial charge in [0.05, 0.1) is 12.6 Å². The van der Waals surface area contributed by atoms with Gasteiger partial charge < -0.3 is 10.1 Å². The van der Waals surface area contributed by atoms with Crippen molar-refractivity contribution in [2.75, 3.05) is 6.61 Å². The summed E-state index contributed by atoms with van der Waals surface area (Å²) >= 11 is 0. The van der Waals surface area contributed by atoms with Gasteiger partial charge in [0.2, 0.25) is 5.91 Å². The number of carbonyl (C=O) groups excluding carboxylic acids is 3. The Kier molecular flexibility index (Phi) is 6.53. The summed E-state index contributed by atoms with van der Waals surface area (Å²) in [7, 11) is 0. The van der Waals surface area contributed by atoms with Crippen molar-refractivity contribution in [2.24, 2.45) is 5.92 Å². The number of ketones is 1. The van der Waals surface area contributed by atoms with Crippen molar-refractivity contribution in [3.63, 3.8) is 0 Å². The van der Waals surface area contributed by atoms with Crippen molar-refractivity contribution in [1.82, 2.24) is 5.32 Å². The fraction of sp³-hybridized carbons (Fsp3) is 0.786. The van der Waals surface area contributed by atoms with Crippen LogP contribution in [-0.2, 0) is 19.1 Å². The molecule has 0 aromatic heterocycles. The quantitative estimate of drug-likeness (QED) is 0.587. The van der Waals surface area contributed by atoms with E-state index in [1.165, 1.54) is 6.42 Å². The summed E-state index contributed by atoms with van der Waals surface area (Å²) in [6, 6.07) is -0.756. The Morgan fingerprint density at radius 1 is 1.16 bits per heavy atom. The van der Waals surface area contributed by atoms with Crippen LogP contribution in [0.4, 0.5) is 0 Å². The minimum absolute atomic E-state index is 0.0159. The number of esters is 1. The molecule has 5 nitrogen and oxygen atoms in total. The highest BCUT2D eigenvalue weighted by Gasteiger charge is 2.29. The van der Waals surface area contributed by atoms with Gasteiger partial charge in [-0.3, -0.25) is 9.59 Å². The fourth-order valence-electron chi connectivity index (χ4n) is 2.35. The van der Waals surface area contributed by atoms with E-state index in [0.29, 0.717) is 6.42 Å². The van der Waals surface area contributed by atoms with E-state index in [9.17, 15) is 14.4 Å². The molecule has 0 aliphatic heterocycles. The number of amides is 1. The fourth-order valence-corrected chi connectivity index (χ4v) is 2.35. The van der Waals surface area contributed by atoms with Gasteiger partial charge in [0.1, 0.15) is 0 Å². The van der Waals surface area contributed by atoms with Gasteiger partial charge in [0.15, 0.2) is 0 Å². The average Bonchev–Trinajstić information content (AvgIpc) is 2.45. The Labute approximate surface area is 114 Å². The summed E-state index contributed by atoms with van der Waals surface area (Å²) in [5.74, 6) is -1.64. The summed E-state index contributed by atoms with van der Waals surface area (Å²) in [6.07, 6.45) is 5.42. The third-order valence-electron chi connectivity index (χ3n) is 3.49. The zero-order valence-electron chi connectivity index (χ0n) is 11.7. The second-order valence-corrected chi connectivity index (χ2v) is 4.89. The van der Waals surface area contributed by atoms with E-state index in [0.717, 1.165) is 25.7 Å². The number of carbonyl (C=O) groups is 3. The molecule has 0 aromatic rings. The molecular formula is C14H23NO4. The number of Topliss-reactive ketones (excluding diaryl/α,β-unsaturated/α-hetero) is 1. The predicted molar refractivity (Wildman–Crippen MR) is 70.4 cm³/mol. The molecule has 1 rings (SSSR count). The number of nitrogens with one attached hydrogen (secondary N) is 1. The van der Waals surface area contributed by atoms with Crippen LogP contribution in [0.3, 0.4) is 0 Å². The molecular weight excluding hydrogens is 246 g/mol. The van der Waals surface area contributed by atoms with Crippen LogP contribution in [0, 0.1) is 5.92 Å². The van der Waals surface area contributed by atoms with Gasteiger partial charge in [-0.2, -0.15) is 0 Å². The van der Waals surface area contributed by atoms with Crippen molar-refractivity contribution in [2.45, 2.75) is 58.4 Å². The van der Waals surface area contributed by atoms with E-state index in [-0.39, 0.29) is 18.4 Å². The zero-order valence-corrected chi connectivity index (χ0v) is 11.7. The van der Waals surface area contributed by atoms with Gasteiger partial charge in [-0.15, -0.1) is 0 Å². The van der Waals surface area contributed by atoms with Gasteiger partial charge in [-0.05, 0) is 26.2 Å². The van der Waals surface area contributed by atoms with E-state index >= 15 is 0 Å². The number of ether oxygens (including phenoxy) is 1. The number of rotatable bonds is 6. The van der Waals surface area contributed by atoms with Crippen molar-refractivity contribution >= 4 is 17.7 Å². The molecule has 1 unspecified atom stereocenters. The van der Waals surface area contributed by atoms with Crippen molar-refractivity contribution in [3.05, 3.63) is 0 Å². The topological polar surface area (TPSA) is 72.5 Å². The average molecular weight is 269 g/mol. The highest BCUT2D eigenvalue weighted by atomic mass is 16.5. The molecule has 0 radical (unpaired) electrons. The largest absolute Gasteiger partial charge is 0.460 e. The van der Waals surface area contributed by atoms with Gasteiger partial charge in [-0.1, -0.05) is 26.2 Å². The maximum absolute atomic E-state index is 12.0. The van der Waals surface area contributed by atoms with Gasteiger partial charge in [0, 0.05) is 5.92 Å². The minimum Gasteiger partial charge on any atom is -0.460 e. The van der Waals surface area contributed by atoms with Crippen molar-refractivity contribution in [1.29, 1.82) is 0 Å². The molecule has 1 aliphatic rings. The van der Waals surface area contributed by atoms with Crippen LogP contribution in [-0.4, -0.2) is 30.3 Å². The van der Waals surface area contributed by atoms with Gasteiger partial charge >= 0.3 is 5.97 Å². The molecule has 1 aliphatic carbocycles. The Hall–Kier alpha value is -1.39. The molecule has 0 saturated heterocycles. The van der Waals surface area contributed by atoms with Gasteiger partial charge in [-0.25, -0.2) is 4.79 Å². The van der Waals surface area contributed by atoms with Crippen LogP contribution in [0.15, 0.2) is 0 Å². The summed E-state index contributed by atoms with van der Waals surface area (Å²) in [6.45, 7) is 3.58. The Bertz CT molecular complexity index is 334. The first-order valence-corrected chi connectivity index (χ1v) is 7.11. The SMILES string of the molecule is CCOC(=O)C(=O)C(CC)NC(=O)C1CCCCC1. The third kappa shape index (κ3) is 4.65. The molecule has 108 valence electrons. The van der Waals surface area contributed by atoms with Crippen LogP contribution in [0.5, 0.6) is 0 Å². The summed E-state index contributed by atoms with van der Waals surface area (Å²) in [5.41, 5.74) is 0. The Morgan fingerprint density at radius 3 is 2.32 bits per heavy atom. The normalized spacial score (nSPS) is 17.6. The summed E-state index contributed by atoms with van der Waals surface area (Å²) < 4.78 is 4.67. The molecule has 1 N–H and O–H groups in total. The van der Waals surface area contributed by atoms with E-state index in [2.05, 4.69) is 10.1 Å². The van der Waals surface area contributed by atoms with E-state index in [1.54, 1.807) is 13.8 Å². The molecule has 0 spiro atoms. The van der Waals surface area contributed by atoms with Gasteiger partial charge in [0.25, 0.3) is 5.78 Å². The maximum Gasteiger partial charge on any atom is 0.376 e. The van der Waals surface area contributed by atoms with E-state index in [1.807, 2.05) is 0 Å². The highest BCUT2D eigenvalue weighted by Crippen LogP contribution is 2.23. The monoisotopic (exact) mass is 269 g/mol. The van der Waals surface area contributed by atoms with Crippen LogP contribution in [0.25, 0.3) is 0 Å². The molecule has 0 heterocycles. The third-order valence-corrected chi connectivity index (χ3v) is 3.49. The second-order valence-electron chi connectivity index (χ2n) is 4.89. The molecule has 0 aromatic carbocycles. The van der Waals surface area contributed by atoms with Crippen molar-refractivity contribution < 1.29 is 19.1 Å². The lowest BCUT2D eigenvalue weighted by Gasteiger charge is -2.23. The molecule has 5 heteroatoms. The lowest BCUT2D eigenvalue weighted by molar-refractivity contribution is -0.154. The first-order valence-electron chi connectivity index (χ1n) is 7.11. The zero-order chi connectivity index (χ0) is 14.3. The van der Waals surface area contributed by atoms with Crippen molar-refractivity contribution in [3.8, 4) is 0 Å². The molecule has 0 bridgehead atoms. The Morgan fingerprint density at radius 2 is 1.79 bits per heavy atom. The first-order chi connectivity index (χ1) is 9.10. The molecule has 1 atom stereocenters. The predicted octanol–water partition coefficient (Wildman–Crippen LogP) is 1.59. The first kappa shape index (κ1) is 15.7. The molecule has 1 saturated carbocycles. The van der Waals surface area contributed by atoms with Crippen LogP contribution < -0.4 is 5.32 Å². The van der Waals surface area contributed by atoms with E-state index in [4.69, 9.17) is 0 Å². The highest BCUT2D eigenvalue weighted by molar-refractivity contribution is 6.36. The lowest BCUT2D eigenvalue weighted by atomic mass is 9.88. The molecule has 1 fully saturated rings. The molecule has 1 amide bonds. The standard InChI is InChI=1S/C14H23NO4/c1-3-11(12(16)14(18)19-4-2)15-13(17)10-8-6-5-7-9-10/h10-11H,3-9H2,1-2H3,(H,15,17). The maximum atomic E-state index is 12.0. The lowest BCUT2D eigenvalue weighted by Crippen LogP contribution is -2.46. The second kappa shape index (κ2) is 7.92. The van der Waals surface area contributed by atoms with Crippen LogP contribution >= 0.6 is 0 Å². The number of hydrogen-bond donors (Lipinski definition) is 1. The van der Waals surface area contributed by atoms with E-state index < -0.39 is 17.8 Å².